The maximum Gasteiger partial charge on any atom is 0.192 e. The molecule has 0 heterocycles. The third-order valence-electron chi connectivity index (χ3n) is 6.87. The third-order valence-corrected chi connectivity index (χ3v) is 12.9. The molecular weight excluding hydrogens is 420 g/mol. The van der Waals surface area contributed by atoms with Crippen LogP contribution in [-0.2, 0) is 10.8 Å². The van der Waals surface area contributed by atoms with Crippen LogP contribution in [-0.4, -0.2) is 22.0 Å². The molecule has 0 bridgehead atoms. The van der Waals surface area contributed by atoms with Crippen molar-refractivity contribution in [2.75, 3.05) is 0 Å². The van der Waals surface area contributed by atoms with E-state index in [9.17, 15) is 0 Å². The van der Waals surface area contributed by atoms with Gasteiger partial charge in [-0.05, 0) is 80.8 Å². The van der Waals surface area contributed by atoms with E-state index in [1.807, 2.05) is 0 Å². The first-order chi connectivity index (χ1) is 15.0. The van der Waals surface area contributed by atoms with Gasteiger partial charge >= 0.3 is 0 Å². The van der Waals surface area contributed by atoms with Crippen LogP contribution in [0.3, 0.4) is 0 Å². The van der Waals surface area contributed by atoms with Gasteiger partial charge in [0, 0.05) is 0 Å². The fourth-order valence-electron chi connectivity index (χ4n) is 4.78. The van der Waals surface area contributed by atoms with Gasteiger partial charge in [0.15, 0.2) is 8.32 Å². The minimum Gasteiger partial charge on any atom is -0.412 e. The van der Waals surface area contributed by atoms with E-state index >= 15 is 0 Å². The lowest BCUT2D eigenvalue weighted by Crippen LogP contribution is -2.44. The predicted octanol–water partition coefficient (Wildman–Crippen LogP) is 10.0. The summed E-state index contributed by atoms with van der Waals surface area (Å²) in [6, 6.07) is 13.1. The summed E-state index contributed by atoms with van der Waals surface area (Å²) in [7, 11) is -2.74. The molecule has 32 heavy (non-hydrogen) atoms. The fraction of sp³-hybridized carbons (Fsp3) is 0.724. The van der Waals surface area contributed by atoms with Crippen molar-refractivity contribution in [1.82, 2.24) is 0 Å². The van der Waals surface area contributed by atoms with E-state index in [1.54, 1.807) is 5.57 Å². The zero-order valence-electron chi connectivity index (χ0n) is 23.1. The summed E-state index contributed by atoms with van der Waals surface area (Å²) in [4.78, 5) is 0. The molecule has 0 N–H and O–H groups in total. The van der Waals surface area contributed by atoms with Crippen molar-refractivity contribution in [1.29, 1.82) is 0 Å². The van der Waals surface area contributed by atoms with Crippen molar-refractivity contribution < 1.29 is 4.43 Å². The zero-order valence-corrected chi connectivity index (χ0v) is 25.1. The minimum atomic E-state index is -1.52. The van der Waals surface area contributed by atoms with E-state index < -0.39 is 16.4 Å². The van der Waals surface area contributed by atoms with Gasteiger partial charge in [0.2, 0.25) is 0 Å². The Bertz CT molecular complexity index is 672. The van der Waals surface area contributed by atoms with E-state index in [1.165, 1.54) is 80.6 Å². The second-order valence-corrected chi connectivity index (χ2v) is 21.2. The Kier molecular flexibility index (Phi) is 12.8. The lowest BCUT2D eigenvalue weighted by atomic mass is 9.96. The quantitative estimate of drug-likeness (QED) is 0.171. The molecule has 184 valence electrons. The second kappa shape index (κ2) is 13.9. The Morgan fingerprint density at radius 1 is 0.906 bits per heavy atom. The fourth-order valence-corrected chi connectivity index (χ4v) is 9.34. The van der Waals surface area contributed by atoms with Crippen LogP contribution in [0.2, 0.25) is 37.8 Å². The maximum absolute atomic E-state index is 6.79. The van der Waals surface area contributed by atoms with Crippen LogP contribution in [0, 0.1) is 0 Å². The minimum absolute atomic E-state index is 0.0317. The van der Waals surface area contributed by atoms with Gasteiger partial charge in [0.25, 0.3) is 0 Å². The molecular formula is C29H54OSi2. The molecule has 0 amide bonds. The van der Waals surface area contributed by atoms with Crippen LogP contribution in [0.15, 0.2) is 30.0 Å². The Labute approximate surface area is 203 Å². The topological polar surface area (TPSA) is 9.23 Å². The number of benzene rings is 1. The largest absolute Gasteiger partial charge is 0.412 e. The standard InChI is InChI=1S/C29H54OSi2/c1-10-14-21-28(25-31(7,8)9)27-22-18-20-26(24-27)19-16-15-17-23-29(5,6)30-32(11-2,12-3)13-4/h18,20,22,24-25H,10-17,19,21,23H2,1-9H3/b28-25+. The molecule has 0 fully saturated rings. The molecule has 1 rings (SSSR count). The number of allylic oxidation sites excluding steroid dienone is 1. The first-order valence-electron chi connectivity index (χ1n) is 13.5. The molecule has 0 aliphatic carbocycles. The van der Waals surface area contributed by atoms with Gasteiger partial charge in [-0.15, -0.1) is 0 Å². The van der Waals surface area contributed by atoms with Crippen molar-refractivity contribution in [2.24, 2.45) is 0 Å². The molecule has 0 aliphatic rings. The zero-order chi connectivity index (χ0) is 24.3. The van der Waals surface area contributed by atoms with Gasteiger partial charge in [0.05, 0.1) is 13.7 Å². The molecule has 3 heteroatoms. The van der Waals surface area contributed by atoms with Crippen molar-refractivity contribution in [3.63, 3.8) is 0 Å². The van der Waals surface area contributed by atoms with Gasteiger partial charge in [-0.25, -0.2) is 0 Å². The SMILES string of the molecule is CCCC/C(=C\[Si](C)(C)C)c1cccc(CCCCCC(C)(C)O[Si](CC)(CC)CC)c1. The summed E-state index contributed by atoms with van der Waals surface area (Å²) in [5.74, 6) is 0. The molecule has 0 unspecified atom stereocenters. The third kappa shape index (κ3) is 11.0. The van der Waals surface area contributed by atoms with Crippen molar-refractivity contribution in [3.8, 4) is 0 Å². The number of hydrogen-bond acceptors (Lipinski definition) is 1. The van der Waals surface area contributed by atoms with E-state index in [0.29, 0.717) is 0 Å². The van der Waals surface area contributed by atoms with Gasteiger partial charge in [-0.2, -0.15) is 0 Å². The van der Waals surface area contributed by atoms with Gasteiger partial charge in [-0.1, -0.05) is 96.6 Å². The van der Waals surface area contributed by atoms with Crippen LogP contribution in [0.5, 0.6) is 0 Å². The summed E-state index contributed by atoms with van der Waals surface area (Å²) < 4.78 is 6.79. The van der Waals surface area contributed by atoms with Gasteiger partial charge in [-0.3, -0.25) is 0 Å². The van der Waals surface area contributed by atoms with Crippen LogP contribution in [0.1, 0.15) is 97.6 Å². The highest BCUT2D eigenvalue weighted by Crippen LogP contribution is 2.31. The summed E-state index contributed by atoms with van der Waals surface area (Å²) >= 11 is 0. The first kappa shape index (κ1) is 29.4. The highest BCUT2D eigenvalue weighted by atomic mass is 28.4. The average molecular weight is 475 g/mol. The maximum atomic E-state index is 6.79. The molecule has 1 nitrogen and oxygen atoms in total. The van der Waals surface area contributed by atoms with Crippen LogP contribution in [0.25, 0.3) is 5.57 Å². The number of unbranched alkanes of at least 4 members (excludes halogenated alkanes) is 3. The molecule has 0 aliphatic heterocycles. The van der Waals surface area contributed by atoms with Crippen LogP contribution in [0.4, 0.5) is 0 Å². The van der Waals surface area contributed by atoms with Crippen LogP contribution >= 0.6 is 0 Å². The summed E-state index contributed by atoms with van der Waals surface area (Å²) in [5.41, 5.74) is 7.21. The monoisotopic (exact) mass is 474 g/mol. The Hall–Kier alpha value is -0.646. The smallest absolute Gasteiger partial charge is 0.192 e. The number of aryl methyl sites for hydroxylation is 1. The normalized spacial score (nSPS) is 13.6. The number of rotatable bonds is 16. The molecule has 0 saturated heterocycles. The summed E-state index contributed by atoms with van der Waals surface area (Å²) in [6.07, 6.45) is 9.99. The lowest BCUT2D eigenvalue weighted by molar-refractivity contribution is 0.0828. The predicted molar refractivity (Wildman–Crippen MR) is 152 cm³/mol. The number of hydrogen-bond donors (Lipinski definition) is 0. The molecule has 0 atom stereocenters. The highest BCUT2D eigenvalue weighted by Gasteiger charge is 2.35. The van der Waals surface area contributed by atoms with Crippen molar-refractivity contribution in [3.05, 3.63) is 41.1 Å². The highest BCUT2D eigenvalue weighted by molar-refractivity contribution is 6.81. The van der Waals surface area contributed by atoms with Crippen molar-refractivity contribution >= 4 is 22.0 Å². The first-order valence-corrected chi connectivity index (χ1v) is 19.6. The lowest BCUT2D eigenvalue weighted by Gasteiger charge is -2.38. The average Bonchev–Trinajstić information content (AvgIpc) is 2.74. The molecule has 0 spiro atoms. The Morgan fingerprint density at radius 3 is 2.12 bits per heavy atom. The molecule has 1 aromatic carbocycles. The van der Waals surface area contributed by atoms with E-state index in [2.05, 4.69) is 91.1 Å². The second-order valence-electron chi connectivity index (χ2n) is 11.5. The molecule has 1 aromatic rings. The molecule has 0 radical (unpaired) electrons. The molecule has 0 saturated carbocycles. The van der Waals surface area contributed by atoms with E-state index in [4.69, 9.17) is 4.43 Å². The van der Waals surface area contributed by atoms with E-state index in [0.717, 1.165) is 0 Å². The van der Waals surface area contributed by atoms with Gasteiger partial charge in [0.1, 0.15) is 0 Å². The van der Waals surface area contributed by atoms with Crippen LogP contribution < -0.4 is 0 Å². The van der Waals surface area contributed by atoms with E-state index in [-0.39, 0.29) is 5.60 Å². The van der Waals surface area contributed by atoms with Crippen molar-refractivity contribution in [2.45, 2.75) is 136 Å². The summed E-state index contributed by atoms with van der Waals surface area (Å²) in [5, 5.41) is 0. The summed E-state index contributed by atoms with van der Waals surface area (Å²) in [6.45, 7) is 21.3. The Morgan fingerprint density at radius 2 is 1.56 bits per heavy atom. The van der Waals surface area contributed by atoms with Gasteiger partial charge < -0.3 is 4.43 Å². The Balaban J connectivity index is 2.62. The molecule has 0 aromatic heterocycles.